The van der Waals surface area contributed by atoms with Crippen LogP contribution in [0, 0.1) is 11.7 Å². The third-order valence-electron chi connectivity index (χ3n) is 6.92. The van der Waals surface area contributed by atoms with E-state index in [2.05, 4.69) is 9.80 Å². The fraction of sp³-hybridized carbons (Fsp3) is 0.667. The standard InChI is InChI=1S/C21H30FN3O2/c1-16(26)24-12-8-21(27)9-13-25(15-17(21)14-24)18-6-10-23(11-7-18)20-5-3-2-4-19(20)22/h2-5,17-18,27H,6-15H2,1H3/t17-,21-/m1/s1. The molecule has 0 radical (unpaired) electrons. The predicted octanol–water partition coefficient (Wildman–Crippen LogP) is 2.10. The summed E-state index contributed by atoms with van der Waals surface area (Å²) < 4.78 is 14.0. The second-order valence-electron chi connectivity index (χ2n) is 8.43. The molecule has 0 bridgehead atoms. The number of carbonyl (C=O) groups is 1. The molecule has 0 saturated carbocycles. The molecule has 3 aliphatic heterocycles. The zero-order valence-electron chi connectivity index (χ0n) is 16.1. The summed E-state index contributed by atoms with van der Waals surface area (Å²) >= 11 is 0. The summed E-state index contributed by atoms with van der Waals surface area (Å²) in [6.45, 7) is 6.43. The Balaban J connectivity index is 1.37. The lowest BCUT2D eigenvalue weighted by Crippen LogP contribution is -2.62. The molecule has 3 heterocycles. The molecule has 1 amide bonds. The van der Waals surface area contributed by atoms with Crippen molar-refractivity contribution in [3.05, 3.63) is 30.1 Å². The van der Waals surface area contributed by atoms with Crippen molar-refractivity contribution in [3.63, 3.8) is 0 Å². The summed E-state index contributed by atoms with van der Waals surface area (Å²) in [5.41, 5.74) is 0.0874. The number of benzene rings is 1. The van der Waals surface area contributed by atoms with E-state index in [1.165, 1.54) is 6.07 Å². The van der Waals surface area contributed by atoms with Gasteiger partial charge in [-0.3, -0.25) is 9.69 Å². The minimum absolute atomic E-state index is 0.104. The van der Waals surface area contributed by atoms with Gasteiger partial charge in [-0.25, -0.2) is 4.39 Å². The van der Waals surface area contributed by atoms with Gasteiger partial charge in [-0.1, -0.05) is 12.1 Å². The molecule has 1 aromatic rings. The molecule has 2 atom stereocenters. The Bertz CT molecular complexity index is 692. The van der Waals surface area contributed by atoms with E-state index in [4.69, 9.17) is 0 Å². The highest BCUT2D eigenvalue weighted by Crippen LogP contribution is 2.37. The van der Waals surface area contributed by atoms with Crippen molar-refractivity contribution in [2.75, 3.05) is 44.2 Å². The van der Waals surface area contributed by atoms with Crippen molar-refractivity contribution < 1.29 is 14.3 Å². The van der Waals surface area contributed by atoms with Gasteiger partial charge in [0, 0.05) is 58.2 Å². The number of likely N-dealkylation sites (tertiary alicyclic amines) is 2. The third-order valence-corrected chi connectivity index (χ3v) is 6.92. The molecule has 148 valence electrons. The largest absolute Gasteiger partial charge is 0.389 e. The van der Waals surface area contributed by atoms with Crippen molar-refractivity contribution in [2.24, 2.45) is 5.92 Å². The minimum atomic E-state index is -0.615. The highest BCUT2D eigenvalue weighted by atomic mass is 19.1. The molecule has 0 aromatic heterocycles. The molecular weight excluding hydrogens is 345 g/mol. The van der Waals surface area contributed by atoms with Crippen LogP contribution in [0.2, 0.25) is 0 Å². The number of hydrogen-bond donors (Lipinski definition) is 1. The van der Waals surface area contributed by atoms with Gasteiger partial charge in [0.25, 0.3) is 0 Å². The Hall–Kier alpha value is -1.66. The first kappa shape index (κ1) is 18.7. The molecule has 27 heavy (non-hydrogen) atoms. The van der Waals surface area contributed by atoms with Crippen molar-refractivity contribution in [1.82, 2.24) is 9.80 Å². The number of fused-ring (bicyclic) bond motifs is 1. The molecule has 0 aliphatic carbocycles. The topological polar surface area (TPSA) is 47.0 Å². The van der Waals surface area contributed by atoms with Crippen LogP contribution in [0.3, 0.4) is 0 Å². The number of rotatable bonds is 2. The summed E-state index contributed by atoms with van der Waals surface area (Å²) in [7, 11) is 0. The van der Waals surface area contributed by atoms with Crippen molar-refractivity contribution in [2.45, 2.75) is 44.2 Å². The first-order valence-electron chi connectivity index (χ1n) is 10.2. The van der Waals surface area contributed by atoms with Crippen molar-refractivity contribution >= 4 is 11.6 Å². The van der Waals surface area contributed by atoms with E-state index in [-0.39, 0.29) is 17.6 Å². The highest BCUT2D eigenvalue weighted by molar-refractivity contribution is 5.73. The molecule has 1 N–H and O–H groups in total. The fourth-order valence-corrected chi connectivity index (χ4v) is 5.13. The number of hydrogen-bond acceptors (Lipinski definition) is 4. The van der Waals surface area contributed by atoms with E-state index in [0.29, 0.717) is 31.2 Å². The van der Waals surface area contributed by atoms with Crippen LogP contribution in [0.25, 0.3) is 0 Å². The number of piperidine rings is 3. The maximum atomic E-state index is 14.0. The number of para-hydroxylation sites is 1. The zero-order chi connectivity index (χ0) is 19.0. The number of carbonyl (C=O) groups excluding carboxylic acids is 1. The van der Waals surface area contributed by atoms with Crippen molar-refractivity contribution in [3.8, 4) is 0 Å². The van der Waals surface area contributed by atoms with Gasteiger partial charge in [0.1, 0.15) is 5.82 Å². The van der Waals surface area contributed by atoms with Gasteiger partial charge >= 0.3 is 0 Å². The summed E-state index contributed by atoms with van der Waals surface area (Å²) in [6.07, 6.45) is 3.50. The lowest BCUT2D eigenvalue weighted by Gasteiger charge is -2.52. The Morgan fingerprint density at radius 1 is 1.11 bits per heavy atom. The van der Waals surface area contributed by atoms with Crippen LogP contribution in [0.4, 0.5) is 10.1 Å². The molecule has 1 aromatic carbocycles. The average molecular weight is 375 g/mol. The Morgan fingerprint density at radius 2 is 1.81 bits per heavy atom. The molecule has 4 rings (SSSR count). The van der Waals surface area contributed by atoms with Crippen LogP contribution >= 0.6 is 0 Å². The molecule has 0 unspecified atom stereocenters. The zero-order valence-corrected chi connectivity index (χ0v) is 16.1. The Labute approximate surface area is 160 Å². The van der Waals surface area contributed by atoms with E-state index in [0.717, 1.165) is 45.4 Å². The SMILES string of the molecule is CC(=O)N1CC[C@@]2(O)CCN(C3CCN(c4ccccc4F)CC3)C[C@H]2C1. The van der Waals surface area contributed by atoms with Crippen LogP contribution in [0.15, 0.2) is 24.3 Å². The summed E-state index contributed by atoms with van der Waals surface area (Å²) in [5.74, 6) is 0.0892. The number of nitrogens with zero attached hydrogens (tertiary/aromatic N) is 3. The third kappa shape index (κ3) is 3.69. The smallest absolute Gasteiger partial charge is 0.219 e. The van der Waals surface area contributed by atoms with Crippen LogP contribution < -0.4 is 4.90 Å². The summed E-state index contributed by atoms with van der Waals surface area (Å²) in [6, 6.07) is 7.48. The van der Waals surface area contributed by atoms with E-state index in [1.807, 2.05) is 17.0 Å². The Kier molecular flexibility index (Phi) is 5.12. The number of halogens is 1. The van der Waals surface area contributed by atoms with E-state index < -0.39 is 5.60 Å². The number of anilines is 1. The van der Waals surface area contributed by atoms with Crippen molar-refractivity contribution in [1.29, 1.82) is 0 Å². The maximum absolute atomic E-state index is 14.0. The van der Waals surface area contributed by atoms with E-state index >= 15 is 0 Å². The summed E-state index contributed by atoms with van der Waals surface area (Å²) in [5, 5.41) is 11.0. The van der Waals surface area contributed by atoms with Gasteiger partial charge < -0.3 is 14.9 Å². The molecule has 3 fully saturated rings. The normalized spacial score (nSPS) is 30.3. The minimum Gasteiger partial charge on any atom is -0.389 e. The monoisotopic (exact) mass is 375 g/mol. The lowest BCUT2D eigenvalue weighted by atomic mass is 9.75. The first-order valence-corrected chi connectivity index (χ1v) is 10.2. The highest BCUT2D eigenvalue weighted by Gasteiger charge is 2.46. The van der Waals surface area contributed by atoms with Crippen LogP contribution in [-0.2, 0) is 4.79 Å². The fourth-order valence-electron chi connectivity index (χ4n) is 5.13. The second kappa shape index (κ2) is 7.40. The Morgan fingerprint density at radius 3 is 2.52 bits per heavy atom. The number of aliphatic hydroxyl groups is 1. The maximum Gasteiger partial charge on any atom is 0.219 e. The molecule has 0 spiro atoms. The number of amides is 1. The molecule has 3 saturated heterocycles. The lowest BCUT2D eigenvalue weighted by molar-refractivity contribution is -0.146. The molecule has 6 heteroatoms. The molecular formula is C21H30FN3O2. The predicted molar refractivity (Wildman–Crippen MR) is 103 cm³/mol. The van der Waals surface area contributed by atoms with Gasteiger partial charge in [-0.15, -0.1) is 0 Å². The second-order valence-corrected chi connectivity index (χ2v) is 8.43. The van der Waals surface area contributed by atoms with E-state index in [1.54, 1.807) is 13.0 Å². The van der Waals surface area contributed by atoms with Gasteiger partial charge in [0.15, 0.2) is 0 Å². The summed E-state index contributed by atoms with van der Waals surface area (Å²) in [4.78, 5) is 18.3. The quantitative estimate of drug-likeness (QED) is 0.860. The van der Waals surface area contributed by atoms with Crippen LogP contribution in [0.1, 0.15) is 32.6 Å². The molecule has 3 aliphatic rings. The van der Waals surface area contributed by atoms with Gasteiger partial charge in [-0.05, 0) is 37.8 Å². The van der Waals surface area contributed by atoms with E-state index in [9.17, 15) is 14.3 Å². The van der Waals surface area contributed by atoms with Gasteiger partial charge in [0.2, 0.25) is 5.91 Å². The molecule has 5 nitrogen and oxygen atoms in total. The average Bonchev–Trinajstić information content (AvgIpc) is 2.67. The first-order chi connectivity index (χ1) is 13.0. The van der Waals surface area contributed by atoms with Gasteiger partial charge in [0.05, 0.1) is 11.3 Å². The van der Waals surface area contributed by atoms with Crippen LogP contribution in [-0.4, -0.2) is 71.7 Å². The van der Waals surface area contributed by atoms with Gasteiger partial charge in [-0.2, -0.15) is 0 Å². The van der Waals surface area contributed by atoms with Crippen LogP contribution in [0.5, 0.6) is 0 Å².